The van der Waals surface area contributed by atoms with Gasteiger partial charge in [0.2, 0.25) is 0 Å². The molecule has 0 saturated carbocycles. The van der Waals surface area contributed by atoms with E-state index in [0.29, 0.717) is 17.9 Å². The van der Waals surface area contributed by atoms with Crippen molar-refractivity contribution in [1.29, 1.82) is 0 Å². The Hall–Kier alpha value is -4.52. The number of nitro groups is 1. The van der Waals surface area contributed by atoms with Crippen molar-refractivity contribution in [1.82, 2.24) is 5.43 Å². The minimum atomic E-state index is -0.435. The highest BCUT2D eigenvalue weighted by Gasteiger charge is 2.06. The topological polar surface area (TPSA) is 93.8 Å². The van der Waals surface area contributed by atoms with Gasteiger partial charge >= 0.3 is 0 Å². The molecule has 0 bridgehead atoms. The first-order chi connectivity index (χ1) is 15.6. The molecule has 0 fully saturated rings. The van der Waals surface area contributed by atoms with Crippen LogP contribution in [0.5, 0.6) is 5.75 Å². The lowest BCUT2D eigenvalue weighted by atomic mass is 10.1. The van der Waals surface area contributed by atoms with Crippen molar-refractivity contribution in [3.05, 3.63) is 118 Å². The van der Waals surface area contributed by atoms with Gasteiger partial charge in [0.25, 0.3) is 11.6 Å². The molecule has 0 unspecified atom stereocenters. The predicted molar refractivity (Wildman–Crippen MR) is 123 cm³/mol. The molecule has 32 heavy (non-hydrogen) atoms. The predicted octanol–water partition coefficient (Wildman–Crippen LogP) is 5.09. The van der Waals surface area contributed by atoms with Crippen molar-refractivity contribution in [3.63, 3.8) is 0 Å². The Morgan fingerprint density at radius 2 is 1.66 bits per heavy atom. The number of ether oxygens (including phenoxy) is 1. The van der Waals surface area contributed by atoms with E-state index < -0.39 is 4.92 Å². The molecule has 4 aromatic carbocycles. The van der Waals surface area contributed by atoms with Gasteiger partial charge in [0.05, 0.1) is 11.1 Å². The molecule has 1 amide bonds. The summed E-state index contributed by atoms with van der Waals surface area (Å²) in [6.07, 6.45) is 1.55. The average Bonchev–Trinajstić information content (AvgIpc) is 2.83. The number of carbonyl (C=O) groups is 1. The van der Waals surface area contributed by atoms with E-state index >= 15 is 0 Å². The minimum Gasteiger partial charge on any atom is -0.489 e. The Labute approximate surface area is 184 Å². The summed E-state index contributed by atoms with van der Waals surface area (Å²) >= 11 is 0. The van der Waals surface area contributed by atoms with Gasteiger partial charge in [-0.25, -0.2) is 5.43 Å². The molecule has 158 valence electrons. The molecule has 0 aliphatic heterocycles. The van der Waals surface area contributed by atoms with Crippen LogP contribution in [0.25, 0.3) is 10.8 Å². The van der Waals surface area contributed by atoms with Crippen LogP contribution in [0, 0.1) is 10.1 Å². The summed E-state index contributed by atoms with van der Waals surface area (Å²) < 4.78 is 5.70. The van der Waals surface area contributed by atoms with Crippen molar-refractivity contribution in [2.24, 2.45) is 5.10 Å². The molecule has 0 spiro atoms. The number of benzene rings is 4. The first-order valence-corrected chi connectivity index (χ1v) is 9.87. The quantitative estimate of drug-likeness (QED) is 0.253. The summed E-state index contributed by atoms with van der Waals surface area (Å²) in [6, 6.07) is 26.8. The third kappa shape index (κ3) is 5.14. The molecular weight excluding hydrogens is 406 g/mol. The molecule has 0 heterocycles. The van der Waals surface area contributed by atoms with E-state index in [9.17, 15) is 14.9 Å². The fraction of sp³-hybridized carbons (Fsp3) is 0.0400. The summed E-state index contributed by atoms with van der Waals surface area (Å²) in [6.45, 7) is 0.299. The molecule has 0 aromatic heterocycles. The lowest BCUT2D eigenvalue weighted by Crippen LogP contribution is -2.17. The standard InChI is InChI=1S/C25H19N3O4/c29-25(22-10-9-20-3-1-2-4-21(20)15-22)27-26-16-18-7-13-24(14-8-18)32-17-19-5-11-23(12-6-19)28(30)31/h1-16H,17H2,(H,27,29)/b26-16-. The number of fused-ring (bicyclic) bond motifs is 1. The van der Waals surface area contributed by atoms with E-state index in [1.165, 1.54) is 12.1 Å². The zero-order valence-electron chi connectivity index (χ0n) is 17.0. The van der Waals surface area contributed by atoms with Gasteiger partial charge in [-0.2, -0.15) is 5.10 Å². The van der Waals surface area contributed by atoms with Crippen molar-refractivity contribution in [2.75, 3.05) is 0 Å². The van der Waals surface area contributed by atoms with Gasteiger partial charge in [-0.15, -0.1) is 0 Å². The summed E-state index contributed by atoms with van der Waals surface area (Å²) in [5, 5.41) is 16.8. The van der Waals surface area contributed by atoms with E-state index in [2.05, 4.69) is 10.5 Å². The van der Waals surface area contributed by atoms with Crippen LogP contribution in [0.15, 0.2) is 96.1 Å². The molecule has 0 atom stereocenters. The summed E-state index contributed by atoms with van der Waals surface area (Å²) in [4.78, 5) is 22.6. The van der Waals surface area contributed by atoms with Gasteiger partial charge in [-0.3, -0.25) is 14.9 Å². The van der Waals surface area contributed by atoms with Gasteiger partial charge < -0.3 is 4.74 Å². The summed E-state index contributed by atoms with van der Waals surface area (Å²) in [7, 11) is 0. The van der Waals surface area contributed by atoms with Crippen LogP contribution in [0.2, 0.25) is 0 Å². The number of hydrogen-bond donors (Lipinski definition) is 1. The number of hydrazone groups is 1. The smallest absolute Gasteiger partial charge is 0.271 e. The third-order valence-electron chi connectivity index (χ3n) is 4.82. The van der Waals surface area contributed by atoms with Crippen molar-refractivity contribution < 1.29 is 14.5 Å². The first-order valence-electron chi connectivity index (χ1n) is 9.87. The van der Waals surface area contributed by atoms with Gasteiger partial charge in [0, 0.05) is 17.7 Å². The maximum atomic E-state index is 12.3. The highest BCUT2D eigenvalue weighted by atomic mass is 16.6. The Morgan fingerprint density at radius 3 is 2.38 bits per heavy atom. The largest absolute Gasteiger partial charge is 0.489 e. The molecule has 0 aliphatic carbocycles. The fourth-order valence-electron chi connectivity index (χ4n) is 3.09. The highest BCUT2D eigenvalue weighted by Crippen LogP contribution is 2.17. The number of rotatable bonds is 7. The van der Waals surface area contributed by atoms with E-state index in [4.69, 9.17) is 4.74 Å². The zero-order chi connectivity index (χ0) is 22.3. The molecule has 4 rings (SSSR count). The number of carbonyl (C=O) groups excluding carboxylic acids is 1. The second kappa shape index (κ2) is 9.53. The van der Waals surface area contributed by atoms with Crippen LogP contribution in [0.3, 0.4) is 0 Å². The minimum absolute atomic E-state index is 0.0464. The maximum Gasteiger partial charge on any atom is 0.271 e. The van der Waals surface area contributed by atoms with Crippen molar-refractivity contribution >= 4 is 28.6 Å². The molecule has 1 N–H and O–H groups in total. The molecule has 0 aliphatic rings. The monoisotopic (exact) mass is 425 g/mol. The van der Waals surface area contributed by atoms with Crippen LogP contribution in [-0.2, 0) is 6.61 Å². The third-order valence-corrected chi connectivity index (χ3v) is 4.82. The molecule has 0 radical (unpaired) electrons. The normalized spacial score (nSPS) is 10.9. The zero-order valence-corrected chi connectivity index (χ0v) is 17.0. The number of non-ortho nitro benzene ring substituents is 1. The van der Waals surface area contributed by atoms with Gasteiger partial charge in [-0.05, 0) is 70.4 Å². The van der Waals surface area contributed by atoms with Gasteiger partial charge in [0.15, 0.2) is 0 Å². The van der Waals surface area contributed by atoms with Crippen LogP contribution >= 0.6 is 0 Å². The van der Waals surface area contributed by atoms with E-state index in [0.717, 1.165) is 21.9 Å². The van der Waals surface area contributed by atoms with Crippen molar-refractivity contribution in [3.8, 4) is 5.75 Å². The summed E-state index contributed by atoms with van der Waals surface area (Å²) in [5.74, 6) is 0.371. The number of amides is 1. The van der Waals surface area contributed by atoms with E-state index in [1.54, 1.807) is 36.5 Å². The van der Waals surface area contributed by atoms with Crippen molar-refractivity contribution in [2.45, 2.75) is 6.61 Å². The second-order valence-corrected chi connectivity index (χ2v) is 7.04. The summed E-state index contributed by atoms with van der Waals surface area (Å²) in [5.41, 5.74) is 4.75. The maximum absolute atomic E-state index is 12.3. The molecule has 4 aromatic rings. The Kier molecular flexibility index (Phi) is 6.17. The number of nitro benzene ring substituents is 1. The van der Waals surface area contributed by atoms with Crippen LogP contribution in [-0.4, -0.2) is 17.0 Å². The lowest BCUT2D eigenvalue weighted by Gasteiger charge is -2.06. The SMILES string of the molecule is O=C(N/N=C\c1ccc(OCc2ccc([N+](=O)[O-])cc2)cc1)c1ccc2ccccc2c1. The Bertz CT molecular complexity index is 1280. The Morgan fingerprint density at radius 1 is 0.938 bits per heavy atom. The van der Waals surface area contributed by atoms with E-state index in [-0.39, 0.29) is 11.6 Å². The molecule has 7 nitrogen and oxygen atoms in total. The second-order valence-electron chi connectivity index (χ2n) is 7.04. The number of nitrogens with zero attached hydrogens (tertiary/aromatic N) is 2. The lowest BCUT2D eigenvalue weighted by molar-refractivity contribution is -0.384. The van der Waals surface area contributed by atoms with Crippen LogP contribution in [0.4, 0.5) is 5.69 Å². The first kappa shape index (κ1) is 20.7. The van der Waals surface area contributed by atoms with Crippen LogP contribution < -0.4 is 10.2 Å². The molecule has 7 heteroatoms. The number of hydrogen-bond acceptors (Lipinski definition) is 5. The fourth-order valence-corrected chi connectivity index (χ4v) is 3.09. The van der Waals surface area contributed by atoms with E-state index in [1.807, 2.05) is 48.5 Å². The van der Waals surface area contributed by atoms with Crippen LogP contribution in [0.1, 0.15) is 21.5 Å². The Balaban J connectivity index is 1.30. The molecular formula is C25H19N3O4. The molecule has 0 saturated heterocycles. The highest BCUT2D eigenvalue weighted by molar-refractivity contribution is 5.98. The van der Waals surface area contributed by atoms with Gasteiger partial charge in [-0.1, -0.05) is 30.3 Å². The van der Waals surface area contributed by atoms with Gasteiger partial charge in [0.1, 0.15) is 12.4 Å². The average molecular weight is 425 g/mol. The number of nitrogens with one attached hydrogen (secondary N) is 1.